The van der Waals surface area contributed by atoms with Gasteiger partial charge in [-0.25, -0.2) is 0 Å². The summed E-state index contributed by atoms with van der Waals surface area (Å²) in [7, 11) is 1.80. The highest BCUT2D eigenvalue weighted by molar-refractivity contribution is 5.69. The predicted octanol–water partition coefficient (Wildman–Crippen LogP) is 13.3. The highest BCUT2D eigenvalue weighted by Gasteiger charge is 2.34. The molecule has 308 valence electrons. The van der Waals surface area contributed by atoms with Gasteiger partial charge in [0.15, 0.2) is 0 Å². The number of hydrogen-bond acceptors (Lipinski definition) is 6. The third-order valence-corrected chi connectivity index (χ3v) is 11.6. The molecular formula is C46H89NO5. The zero-order valence-corrected chi connectivity index (χ0v) is 35.4. The Morgan fingerprint density at radius 3 is 1.60 bits per heavy atom. The maximum absolute atomic E-state index is 13.0. The van der Waals surface area contributed by atoms with E-state index in [1.807, 2.05) is 0 Å². The average molecular weight is 736 g/mol. The first kappa shape index (κ1) is 48.9. The fourth-order valence-corrected chi connectivity index (χ4v) is 8.28. The summed E-state index contributed by atoms with van der Waals surface area (Å²) in [5, 5.41) is 0. The molecule has 0 N–H and O–H groups in total. The molecule has 1 atom stereocenters. The van der Waals surface area contributed by atoms with Crippen molar-refractivity contribution in [3.05, 3.63) is 0 Å². The van der Waals surface area contributed by atoms with Gasteiger partial charge in [-0.3, -0.25) is 9.59 Å². The maximum atomic E-state index is 13.0. The van der Waals surface area contributed by atoms with Crippen LogP contribution in [0.2, 0.25) is 0 Å². The predicted molar refractivity (Wildman–Crippen MR) is 221 cm³/mol. The number of unbranched alkanes of at least 4 members (excludes halogenated alkanes) is 20. The van der Waals surface area contributed by atoms with E-state index >= 15 is 0 Å². The molecule has 1 rings (SSSR count). The monoisotopic (exact) mass is 736 g/mol. The second-order valence-corrected chi connectivity index (χ2v) is 16.6. The van der Waals surface area contributed by atoms with Crippen molar-refractivity contribution in [2.45, 2.75) is 239 Å². The van der Waals surface area contributed by atoms with Crippen LogP contribution in [0.1, 0.15) is 233 Å². The van der Waals surface area contributed by atoms with Gasteiger partial charge in [-0.1, -0.05) is 149 Å². The standard InChI is InChI=1S/C46H89NO5/c1-5-8-11-14-17-20-29-40-51-44(48)33-25-21-27-35-46(37-30-38-47(42-46)39-41-50-4)36-28-22-26-34-45(49)52-43(31-23-18-15-12-9-6-2)32-24-19-16-13-10-7-3/h43H,5-42H2,1-4H3. The first-order valence-electron chi connectivity index (χ1n) is 23.0. The zero-order valence-electron chi connectivity index (χ0n) is 35.4. The Morgan fingerprint density at radius 2 is 1.06 bits per heavy atom. The van der Waals surface area contributed by atoms with Crippen LogP contribution in [0.3, 0.4) is 0 Å². The molecule has 52 heavy (non-hydrogen) atoms. The highest BCUT2D eigenvalue weighted by atomic mass is 16.5. The van der Waals surface area contributed by atoms with Crippen LogP contribution in [0.15, 0.2) is 0 Å². The Hall–Kier alpha value is -1.14. The van der Waals surface area contributed by atoms with Gasteiger partial charge in [0.2, 0.25) is 0 Å². The zero-order chi connectivity index (χ0) is 37.8. The largest absolute Gasteiger partial charge is 0.466 e. The van der Waals surface area contributed by atoms with Crippen molar-refractivity contribution < 1.29 is 23.8 Å². The molecule has 0 amide bonds. The topological polar surface area (TPSA) is 65.1 Å². The summed E-state index contributed by atoms with van der Waals surface area (Å²) >= 11 is 0. The number of ether oxygens (including phenoxy) is 3. The van der Waals surface area contributed by atoms with Crippen molar-refractivity contribution in [3.8, 4) is 0 Å². The van der Waals surface area contributed by atoms with Crippen LogP contribution in [0.4, 0.5) is 0 Å². The summed E-state index contributed by atoms with van der Waals surface area (Å²) in [5.74, 6) is 0.0137. The van der Waals surface area contributed by atoms with Crippen LogP contribution in [0.25, 0.3) is 0 Å². The van der Waals surface area contributed by atoms with Gasteiger partial charge >= 0.3 is 11.9 Å². The fraction of sp³-hybridized carbons (Fsp3) is 0.957. The highest BCUT2D eigenvalue weighted by Crippen LogP contribution is 2.40. The summed E-state index contributed by atoms with van der Waals surface area (Å²) in [6.45, 7) is 11.5. The SMILES string of the molecule is CCCCCCCCCOC(=O)CCCCCC1(CCCCCC(=O)OC(CCCCCCCC)CCCCCCCC)CCCN(CCOC)C1. The van der Waals surface area contributed by atoms with Crippen molar-refractivity contribution in [1.82, 2.24) is 4.90 Å². The van der Waals surface area contributed by atoms with Gasteiger partial charge in [0.25, 0.3) is 0 Å². The maximum Gasteiger partial charge on any atom is 0.306 e. The third kappa shape index (κ3) is 28.3. The molecule has 1 fully saturated rings. The molecule has 0 bridgehead atoms. The van der Waals surface area contributed by atoms with E-state index in [1.54, 1.807) is 7.11 Å². The molecule has 0 aromatic heterocycles. The van der Waals surface area contributed by atoms with Crippen LogP contribution >= 0.6 is 0 Å². The molecule has 1 unspecified atom stereocenters. The van der Waals surface area contributed by atoms with E-state index in [9.17, 15) is 9.59 Å². The van der Waals surface area contributed by atoms with Gasteiger partial charge < -0.3 is 19.1 Å². The molecular weight excluding hydrogens is 647 g/mol. The first-order valence-corrected chi connectivity index (χ1v) is 23.0. The number of methoxy groups -OCH3 is 1. The van der Waals surface area contributed by atoms with Crippen molar-refractivity contribution >= 4 is 11.9 Å². The van der Waals surface area contributed by atoms with Gasteiger partial charge in [-0.15, -0.1) is 0 Å². The Morgan fingerprint density at radius 1 is 0.577 bits per heavy atom. The number of carbonyl (C=O) groups excluding carboxylic acids is 2. The summed E-state index contributed by atoms with van der Waals surface area (Å²) in [6.07, 6.45) is 38.8. The Labute approximate surface area is 324 Å². The molecule has 1 aliphatic heterocycles. The lowest BCUT2D eigenvalue weighted by atomic mass is 9.72. The van der Waals surface area contributed by atoms with Gasteiger partial charge in [0.05, 0.1) is 13.2 Å². The smallest absolute Gasteiger partial charge is 0.306 e. The van der Waals surface area contributed by atoms with Gasteiger partial charge in [-0.05, 0) is 82.6 Å². The first-order chi connectivity index (χ1) is 25.5. The van der Waals surface area contributed by atoms with E-state index in [0.29, 0.717) is 24.9 Å². The van der Waals surface area contributed by atoms with Gasteiger partial charge in [0, 0.05) is 33.0 Å². The van der Waals surface area contributed by atoms with Crippen LogP contribution in [0.5, 0.6) is 0 Å². The van der Waals surface area contributed by atoms with Crippen LogP contribution in [-0.4, -0.2) is 62.9 Å². The lowest BCUT2D eigenvalue weighted by molar-refractivity contribution is -0.150. The number of piperidine rings is 1. The molecule has 6 nitrogen and oxygen atoms in total. The van der Waals surface area contributed by atoms with E-state index in [2.05, 4.69) is 25.7 Å². The molecule has 0 radical (unpaired) electrons. The molecule has 0 aromatic rings. The molecule has 0 spiro atoms. The van der Waals surface area contributed by atoms with Gasteiger partial charge in [-0.2, -0.15) is 0 Å². The quantitative estimate of drug-likeness (QED) is 0.0465. The van der Waals surface area contributed by atoms with Crippen molar-refractivity contribution in [3.63, 3.8) is 0 Å². The van der Waals surface area contributed by atoms with E-state index in [4.69, 9.17) is 14.2 Å². The lowest BCUT2D eigenvalue weighted by Gasteiger charge is -2.43. The third-order valence-electron chi connectivity index (χ3n) is 11.6. The number of rotatable bonds is 38. The number of hydrogen-bond donors (Lipinski definition) is 0. The summed E-state index contributed by atoms with van der Waals surface area (Å²) in [4.78, 5) is 27.9. The Balaban J connectivity index is 2.44. The minimum Gasteiger partial charge on any atom is -0.466 e. The molecule has 1 saturated heterocycles. The Kier molecular flexibility index (Phi) is 33.4. The number of nitrogens with zero attached hydrogens (tertiary/aromatic N) is 1. The fourth-order valence-electron chi connectivity index (χ4n) is 8.28. The second kappa shape index (κ2) is 35.6. The second-order valence-electron chi connectivity index (χ2n) is 16.6. The Bertz CT molecular complexity index is 790. The summed E-state index contributed by atoms with van der Waals surface area (Å²) in [5.41, 5.74) is 0.337. The number of esters is 2. The minimum absolute atomic E-state index is 0.0150. The molecule has 0 aromatic carbocycles. The normalized spacial score (nSPS) is 16.5. The van der Waals surface area contributed by atoms with Crippen LogP contribution in [-0.2, 0) is 23.8 Å². The van der Waals surface area contributed by atoms with Crippen molar-refractivity contribution in [1.29, 1.82) is 0 Å². The lowest BCUT2D eigenvalue weighted by Crippen LogP contribution is -2.44. The summed E-state index contributed by atoms with van der Waals surface area (Å²) < 4.78 is 17.1. The summed E-state index contributed by atoms with van der Waals surface area (Å²) in [6, 6.07) is 0. The van der Waals surface area contributed by atoms with E-state index < -0.39 is 0 Å². The molecule has 1 aliphatic rings. The molecule has 6 heteroatoms. The van der Waals surface area contributed by atoms with E-state index in [1.165, 1.54) is 161 Å². The van der Waals surface area contributed by atoms with E-state index in [0.717, 1.165) is 64.6 Å². The minimum atomic E-state index is -0.0150. The molecule has 0 aliphatic carbocycles. The molecule has 0 saturated carbocycles. The van der Waals surface area contributed by atoms with E-state index in [-0.39, 0.29) is 18.0 Å². The average Bonchev–Trinajstić information content (AvgIpc) is 3.14. The van der Waals surface area contributed by atoms with Gasteiger partial charge in [0.1, 0.15) is 6.10 Å². The van der Waals surface area contributed by atoms with Crippen molar-refractivity contribution in [2.24, 2.45) is 5.41 Å². The number of likely N-dealkylation sites (tertiary alicyclic amines) is 1. The van der Waals surface area contributed by atoms with Crippen LogP contribution < -0.4 is 0 Å². The van der Waals surface area contributed by atoms with Crippen LogP contribution in [0, 0.1) is 5.41 Å². The number of carbonyl (C=O) groups is 2. The molecule has 1 heterocycles. The van der Waals surface area contributed by atoms with Crippen molar-refractivity contribution in [2.75, 3.05) is 40.0 Å².